The Hall–Kier alpha value is -0.900. The molecule has 3 unspecified atom stereocenters. The van der Waals surface area contributed by atoms with Gasteiger partial charge >= 0.3 is 0 Å². The number of nitrogens with one attached hydrogen (secondary N) is 1. The molecule has 1 heterocycles. The Kier molecular flexibility index (Phi) is 4.29. The third-order valence-electron chi connectivity index (χ3n) is 4.36. The Morgan fingerprint density at radius 1 is 1.42 bits per heavy atom. The molecule has 19 heavy (non-hydrogen) atoms. The van der Waals surface area contributed by atoms with Crippen LogP contribution in [0.15, 0.2) is 4.52 Å². The average molecular weight is 265 g/mol. The van der Waals surface area contributed by atoms with Crippen LogP contribution >= 0.6 is 0 Å². The molecular formula is C15H27N3O. The minimum Gasteiger partial charge on any atom is -0.339 e. The monoisotopic (exact) mass is 265 g/mol. The second-order valence-corrected chi connectivity index (χ2v) is 6.49. The summed E-state index contributed by atoms with van der Waals surface area (Å²) in [6.07, 6.45) is 3.34. The number of rotatable bonds is 7. The van der Waals surface area contributed by atoms with Gasteiger partial charge < -0.3 is 9.84 Å². The minimum absolute atomic E-state index is 0.315. The third kappa shape index (κ3) is 3.16. The smallest absolute Gasteiger partial charge is 0.231 e. The van der Waals surface area contributed by atoms with Gasteiger partial charge in [-0.25, -0.2) is 0 Å². The molecule has 0 radical (unpaired) electrons. The molecule has 1 fully saturated rings. The molecule has 0 bridgehead atoms. The fourth-order valence-corrected chi connectivity index (χ4v) is 2.70. The summed E-state index contributed by atoms with van der Waals surface area (Å²) >= 11 is 0. The van der Waals surface area contributed by atoms with Crippen LogP contribution in [-0.4, -0.2) is 22.7 Å². The van der Waals surface area contributed by atoms with Crippen LogP contribution in [0.4, 0.5) is 0 Å². The van der Waals surface area contributed by atoms with Crippen LogP contribution in [0, 0.1) is 5.41 Å². The van der Waals surface area contributed by atoms with E-state index in [1.165, 1.54) is 6.42 Å². The maximum Gasteiger partial charge on any atom is 0.231 e. The predicted molar refractivity (Wildman–Crippen MR) is 76.2 cm³/mol. The molecular weight excluding hydrogens is 238 g/mol. The van der Waals surface area contributed by atoms with E-state index in [1.54, 1.807) is 0 Å². The molecule has 0 spiro atoms. The van der Waals surface area contributed by atoms with Crippen LogP contribution in [0.1, 0.15) is 77.4 Å². The fraction of sp³-hybridized carbons (Fsp3) is 0.867. The normalized spacial score (nSPS) is 24.2. The Morgan fingerprint density at radius 2 is 2.11 bits per heavy atom. The highest BCUT2D eigenvalue weighted by Crippen LogP contribution is 2.57. The predicted octanol–water partition coefficient (Wildman–Crippen LogP) is 3.46. The van der Waals surface area contributed by atoms with Gasteiger partial charge in [0.25, 0.3) is 0 Å². The third-order valence-corrected chi connectivity index (χ3v) is 4.36. The molecule has 108 valence electrons. The first kappa shape index (κ1) is 14.5. The zero-order valence-corrected chi connectivity index (χ0v) is 12.9. The van der Waals surface area contributed by atoms with Crippen molar-refractivity contribution in [2.45, 2.75) is 71.8 Å². The topological polar surface area (TPSA) is 51.0 Å². The number of hydrogen-bond donors (Lipinski definition) is 1. The molecule has 1 saturated carbocycles. The highest BCUT2D eigenvalue weighted by atomic mass is 16.5. The second-order valence-electron chi connectivity index (χ2n) is 6.49. The summed E-state index contributed by atoms with van der Waals surface area (Å²) in [6, 6.07) is 0.380. The lowest BCUT2D eigenvalue weighted by atomic mass is 9.98. The van der Waals surface area contributed by atoms with Gasteiger partial charge in [0.05, 0.1) is 5.92 Å². The minimum atomic E-state index is 0.315. The van der Waals surface area contributed by atoms with Crippen molar-refractivity contribution in [2.24, 2.45) is 5.41 Å². The number of nitrogens with zero attached hydrogens (tertiary/aromatic N) is 2. The molecule has 4 heteroatoms. The quantitative estimate of drug-likeness (QED) is 0.820. The van der Waals surface area contributed by atoms with Crippen LogP contribution in [-0.2, 0) is 0 Å². The molecule has 4 nitrogen and oxygen atoms in total. The van der Waals surface area contributed by atoms with Crippen molar-refractivity contribution in [3.8, 4) is 0 Å². The van der Waals surface area contributed by atoms with E-state index in [0.29, 0.717) is 23.3 Å². The Morgan fingerprint density at radius 3 is 2.63 bits per heavy atom. The van der Waals surface area contributed by atoms with Gasteiger partial charge in [0, 0.05) is 12.0 Å². The first-order chi connectivity index (χ1) is 8.99. The molecule has 1 aromatic heterocycles. The van der Waals surface area contributed by atoms with Crippen molar-refractivity contribution in [1.29, 1.82) is 0 Å². The van der Waals surface area contributed by atoms with Crippen LogP contribution in [0.2, 0.25) is 0 Å². The standard InChI is InChI=1S/C15H27N3O/c1-6-8-16-10(3)11(7-2)14-17-13(18-19-14)12-9-15(12,4)5/h10-12,16H,6-9H2,1-5H3. The lowest BCUT2D eigenvalue weighted by molar-refractivity contribution is 0.313. The van der Waals surface area contributed by atoms with E-state index < -0.39 is 0 Å². The van der Waals surface area contributed by atoms with Crippen molar-refractivity contribution in [3.63, 3.8) is 0 Å². The molecule has 1 aliphatic rings. The molecule has 0 saturated heterocycles. The maximum atomic E-state index is 5.51. The Labute approximate surface area is 116 Å². The van der Waals surface area contributed by atoms with E-state index in [9.17, 15) is 0 Å². The first-order valence-corrected chi connectivity index (χ1v) is 7.56. The fourth-order valence-electron chi connectivity index (χ4n) is 2.70. The summed E-state index contributed by atoms with van der Waals surface area (Å²) in [5, 5.41) is 7.72. The SMILES string of the molecule is CCCNC(C)C(CC)c1nc(C2CC2(C)C)no1. The molecule has 0 aliphatic heterocycles. The summed E-state index contributed by atoms with van der Waals surface area (Å²) in [4.78, 5) is 4.65. The molecule has 2 rings (SSSR count). The van der Waals surface area contributed by atoms with Crippen molar-refractivity contribution < 1.29 is 4.52 Å². The largest absolute Gasteiger partial charge is 0.339 e. The van der Waals surface area contributed by atoms with E-state index in [-0.39, 0.29) is 0 Å². The molecule has 1 aliphatic carbocycles. The number of hydrogen-bond acceptors (Lipinski definition) is 4. The molecule has 3 atom stereocenters. The van der Waals surface area contributed by atoms with Gasteiger partial charge in [0.2, 0.25) is 5.89 Å². The van der Waals surface area contributed by atoms with Gasteiger partial charge in [0.1, 0.15) is 0 Å². The van der Waals surface area contributed by atoms with Crippen LogP contribution in [0.3, 0.4) is 0 Å². The van der Waals surface area contributed by atoms with Crippen LogP contribution < -0.4 is 5.32 Å². The Balaban J connectivity index is 2.03. The van der Waals surface area contributed by atoms with Crippen molar-refractivity contribution in [1.82, 2.24) is 15.5 Å². The summed E-state index contributed by atoms with van der Waals surface area (Å²) in [5.74, 6) is 2.51. The van der Waals surface area contributed by atoms with Gasteiger partial charge in [-0.15, -0.1) is 0 Å². The van der Waals surface area contributed by atoms with Gasteiger partial charge in [-0.3, -0.25) is 0 Å². The van der Waals surface area contributed by atoms with E-state index in [4.69, 9.17) is 4.52 Å². The van der Waals surface area contributed by atoms with Crippen LogP contribution in [0.25, 0.3) is 0 Å². The van der Waals surface area contributed by atoms with Crippen molar-refractivity contribution in [2.75, 3.05) is 6.54 Å². The summed E-state index contributed by atoms with van der Waals surface area (Å²) < 4.78 is 5.51. The van der Waals surface area contributed by atoms with Gasteiger partial charge in [-0.1, -0.05) is 32.9 Å². The van der Waals surface area contributed by atoms with Crippen LogP contribution in [0.5, 0.6) is 0 Å². The summed E-state index contributed by atoms with van der Waals surface area (Å²) in [5.41, 5.74) is 0.356. The average Bonchev–Trinajstić information content (AvgIpc) is 2.79. The van der Waals surface area contributed by atoms with Gasteiger partial charge in [0.15, 0.2) is 5.82 Å². The van der Waals surface area contributed by atoms with E-state index >= 15 is 0 Å². The summed E-state index contributed by atoms with van der Waals surface area (Å²) in [6.45, 7) is 12.1. The Bertz CT molecular complexity index is 413. The highest BCUT2D eigenvalue weighted by Gasteiger charge is 2.49. The van der Waals surface area contributed by atoms with E-state index in [1.807, 2.05) is 0 Å². The highest BCUT2D eigenvalue weighted by molar-refractivity contribution is 5.15. The lowest BCUT2D eigenvalue weighted by Crippen LogP contribution is -2.32. The molecule has 0 aromatic carbocycles. The second kappa shape index (κ2) is 5.61. The zero-order chi connectivity index (χ0) is 14.0. The summed E-state index contributed by atoms with van der Waals surface area (Å²) in [7, 11) is 0. The molecule has 0 amide bonds. The molecule has 1 N–H and O–H groups in total. The maximum absolute atomic E-state index is 5.51. The van der Waals surface area contributed by atoms with Gasteiger partial charge in [-0.2, -0.15) is 4.98 Å². The lowest BCUT2D eigenvalue weighted by Gasteiger charge is -2.20. The van der Waals surface area contributed by atoms with E-state index in [2.05, 4.69) is 50.1 Å². The van der Waals surface area contributed by atoms with Crippen molar-refractivity contribution >= 4 is 0 Å². The number of aromatic nitrogens is 2. The molecule has 1 aromatic rings. The zero-order valence-electron chi connectivity index (χ0n) is 12.9. The first-order valence-electron chi connectivity index (χ1n) is 7.56. The van der Waals surface area contributed by atoms with E-state index in [0.717, 1.165) is 31.1 Å². The van der Waals surface area contributed by atoms with Gasteiger partial charge in [-0.05, 0) is 38.1 Å². The van der Waals surface area contributed by atoms with Crippen molar-refractivity contribution in [3.05, 3.63) is 11.7 Å².